The molecule has 0 aliphatic carbocycles. The van der Waals surface area contributed by atoms with E-state index in [-0.39, 0.29) is 13.0 Å². The van der Waals surface area contributed by atoms with Crippen LogP contribution in [0.3, 0.4) is 0 Å². The zero-order valence-electron chi connectivity index (χ0n) is 16.4. The summed E-state index contributed by atoms with van der Waals surface area (Å²) in [4.78, 5) is 24.2. The number of halogens is 2. The maximum Gasteiger partial charge on any atom is 0.305 e. The molecule has 1 aromatic carbocycles. The van der Waals surface area contributed by atoms with Crippen LogP contribution in [0, 0.1) is 0 Å². The highest BCUT2D eigenvalue weighted by Gasteiger charge is 2.21. The molecule has 1 saturated heterocycles. The van der Waals surface area contributed by atoms with Crippen LogP contribution in [0.2, 0.25) is 10.0 Å². The Hall–Kier alpha value is -3.11. The second kappa shape index (κ2) is 9.36. The molecule has 0 saturated carbocycles. The zero-order chi connectivity index (χ0) is 21.8. The molecular weight excluding hydrogens is 443 g/mol. The van der Waals surface area contributed by atoms with Crippen LogP contribution in [0.15, 0.2) is 36.7 Å². The SMILES string of the molecule is O=C(O)CCNc1nc(N2CCN(c3ccc(Cl)c(Cl)c3)CC2)cc(-n2ccnn2)n1. The van der Waals surface area contributed by atoms with Crippen molar-refractivity contribution in [1.82, 2.24) is 25.0 Å². The van der Waals surface area contributed by atoms with E-state index < -0.39 is 5.97 Å². The highest BCUT2D eigenvalue weighted by molar-refractivity contribution is 6.42. The molecule has 0 amide bonds. The van der Waals surface area contributed by atoms with Crippen molar-refractivity contribution in [2.75, 3.05) is 47.8 Å². The number of carboxylic acids is 1. The molecule has 31 heavy (non-hydrogen) atoms. The molecule has 0 atom stereocenters. The van der Waals surface area contributed by atoms with Crippen LogP contribution in [0.5, 0.6) is 0 Å². The van der Waals surface area contributed by atoms with E-state index in [4.69, 9.17) is 28.3 Å². The number of hydrogen-bond donors (Lipinski definition) is 2. The van der Waals surface area contributed by atoms with Gasteiger partial charge in [0.1, 0.15) is 5.82 Å². The number of hydrogen-bond acceptors (Lipinski definition) is 8. The minimum atomic E-state index is -0.890. The third-order valence-corrected chi connectivity index (χ3v) is 5.59. The molecule has 12 heteroatoms. The van der Waals surface area contributed by atoms with Gasteiger partial charge in [-0.2, -0.15) is 9.97 Å². The van der Waals surface area contributed by atoms with Gasteiger partial charge < -0.3 is 20.2 Å². The number of piperazine rings is 1. The van der Waals surface area contributed by atoms with Crippen molar-refractivity contribution in [3.63, 3.8) is 0 Å². The van der Waals surface area contributed by atoms with Crippen molar-refractivity contribution in [1.29, 1.82) is 0 Å². The third-order valence-electron chi connectivity index (χ3n) is 4.85. The summed E-state index contributed by atoms with van der Waals surface area (Å²) in [7, 11) is 0. The maximum atomic E-state index is 10.8. The van der Waals surface area contributed by atoms with Crippen LogP contribution in [0.1, 0.15) is 6.42 Å². The molecule has 2 N–H and O–H groups in total. The number of nitrogens with one attached hydrogen (secondary N) is 1. The summed E-state index contributed by atoms with van der Waals surface area (Å²) < 4.78 is 1.54. The van der Waals surface area contributed by atoms with Gasteiger partial charge in [-0.15, -0.1) is 5.10 Å². The molecule has 1 fully saturated rings. The van der Waals surface area contributed by atoms with Crippen molar-refractivity contribution in [3.05, 3.63) is 46.7 Å². The first kappa shape index (κ1) is 21.1. The standard InChI is InChI=1S/C19H20Cl2N8O2/c20-14-2-1-13(11-15(14)21)27-7-9-28(10-8-27)16-12-17(29-6-5-23-26-29)25-19(24-16)22-4-3-18(30)31/h1-2,5-6,11-12H,3-4,7-10H2,(H,30,31)(H,22,24,25). The molecule has 3 heterocycles. The lowest BCUT2D eigenvalue weighted by atomic mass is 10.2. The quantitative estimate of drug-likeness (QED) is 0.546. The fourth-order valence-electron chi connectivity index (χ4n) is 3.27. The van der Waals surface area contributed by atoms with Gasteiger partial charge in [0.05, 0.1) is 28.9 Å². The topological polar surface area (TPSA) is 112 Å². The Kier molecular flexibility index (Phi) is 6.38. The van der Waals surface area contributed by atoms with Crippen molar-refractivity contribution in [3.8, 4) is 5.82 Å². The van der Waals surface area contributed by atoms with Gasteiger partial charge in [-0.3, -0.25) is 4.79 Å². The molecule has 10 nitrogen and oxygen atoms in total. The Morgan fingerprint density at radius 3 is 2.45 bits per heavy atom. The van der Waals surface area contributed by atoms with Gasteiger partial charge in [0.2, 0.25) is 5.95 Å². The summed E-state index contributed by atoms with van der Waals surface area (Å²) in [5.74, 6) is 0.731. The van der Waals surface area contributed by atoms with Gasteiger partial charge >= 0.3 is 5.97 Å². The summed E-state index contributed by atoms with van der Waals surface area (Å²) in [6, 6.07) is 7.47. The smallest absolute Gasteiger partial charge is 0.305 e. The van der Waals surface area contributed by atoms with E-state index in [2.05, 4.69) is 35.4 Å². The Labute approximate surface area is 188 Å². The highest BCUT2D eigenvalue weighted by atomic mass is 35.5. The van der Waals surface area contributed by atoms with Gasteiger partial charge in [0, 0.05) is 44.5 Å². The van der Waals surface area contributed by atoms with E-state index in [0.717, 1.165) is 37.7 Å². The Morgan fingerprint density at radius 2 is 1.77 bits per heavy atom. The van der Waals surface area contributed by atoms with Crippen LogP contribution in [0.4, 0.5) is 17.5 Å². The van der Waals surface area contributed by atoms with Crippen molar-refractivity contribution < 1.29 is 9.90 Å². The van der Waals surface area contributed by atoms with E-state index >= 15 is 0 Å². The number of aromatic nitrogens is 5. The summed E-state index contributed by atoms with van der Waals surface area (Å²) in [6.07, 6.45) is 3.22. The Bertz CT molecular complexity index is 1060. The number of nitrogens with zero attached hydrogens (tertiary/aromatic N) is 7. The molecule has 3 aromatic rings. The average molecular weight is 463 g/mol. The fraction of sp³-hybridized carbons (Fsp3) is 0.316. The molecule has 1 aliphatic heterocycles. The average Bonchev–Trinajstić information content (AvgIpc) is 3.30. The van der Waals surface area contributed by atoms with Gasteiger partial charge in [-0.1, -0.05) is 28.4 Å². The molecule has 0 spiro atoms. The van der Waals surface area contributed by atoms with Crippen molar-refractivity contribution in [2.45, 2.75) is 6.42 Å². The number of carbonyl (C=O) groups is 1. The third kappa shape index (κ3) is 5.15. The lowest BCUT2D eigenvalue weighted by Gasteiger charge is -2.37. The molecule has 0 radical (unpaired) electrons. The minimum Gasteiger partial charge on any atom is -0.481 e. The van der Waals surface area contributed by atoms with Gasteiger partial charge in [0.25, 0.3) is 0 Å². The molecule has 0 unspecified atom stereocenters. The molecule has 162 valence electrons. The number of rotatable bonds is 7. The van der Waals surface area contributed by atoms with E-state index in [1.54, 1.807) is 23.1 Å². The molecular formula is C19H20Cl2N8O2. The predicted octanol–water partition coefficient (Wildman–Crippen LogP) is 2.58. The minimum absolute atomic E-state index is 0.0332. The van der Waals surface area contributed by atoms with Gasteiger partial charge in [-0.25, -0.2) is 4.68 Å². The lowest BCUT2D eigenvalue weighted by molar-refractivity contribution is -0.136. The monoisotopic (exact) mass is 462 g/mol. The van der Waals surface area contributed by atoms with Crippen LogP contribution in [0.25, 0.3) is 5.82 Å². The van der Waals surface area contributed by atoms with Crippen LogP contribution >= 0.6 is 23.2 Å². The first-order valence-corrected chi connectivity index (χ1v) is 10.4. The summed E-state index contributed by atoms with van der Waals surface area (Å²) in [6.45, 7) is 3.26. The number of benzene rings is 1. The van der Waals surface area contributed by atoms with Crippen LogP contribution < -0.4 is 15.1 Å². The predicted molar refractivity (Wildman–Crippen MR) is 119 cm³/mol. The van der Waals surface area contributed by atoms with Gasteiger partial charge in [0.15, 0.2) is 5.82 Å². The van der Waals surface area contributed by atoms with E-state index in [0.29, 0.717) is 21.8 Å². The van der Waals surface area contributed by atoms with Crippen LogP contribution in [-0.2, 0) is 4.79 Å². The van der Waals surface area contributed by atoms with Gasteiger partial charge in [-0.05, 0) is 18.2 Å². The summed E-state index contributed by atoms with van der Waals surface area (Å²) in [5, 5.41) is 20.7. The number of anilines is 3. The molecule has 2 aromatic heterocycles. The second-order valence-corrected chi connectivity index (χ2v) is 7.71. The van der Waals surface area contributed by atoms with E-state index in [9.17, 15) is 4.79 Å². The summed E-state index contributed by atoms with van der Waals surface area (Å²) >= 11 is 12.2. The van der Waals surface area contributed by atoms with E-state index in [1.165, 1.54) is 0 Å². The molecule has 0 bridgehead atoms. The number of carboxylic acid groups (broad SMARTS) is 1. The first-order valence-electron chi connectivity index (χ1n) is 9.66. The zero-order valence-corrected chi connectivity index (χ0v) is 18.0. The first-order chi connectivity index (χ1) is 15.0. The highest BCUT2D eigenvalue weighted by Crippen LogP contribution is 2.28. The van der Waals surface area contributed by atoms with Crippen molar-refractivity contribution >= 4 is 46.6 Å². The lowest BCUT2D eigenvalue weighted by Crippen LogP contribution is -2.47. The Morgan fingerprint density at radius 1 is 1.03 bits per heavy atom. The molecule has 1 aliphatic rings. The largest absolute Gasteiger partial charge is 0.481 e. The fourth-order valence-corrected chi connectivity index (χ4v) is 3.56. The normalized spacial score (nSPS) is 14.0. The molecule has 4 rings (SSSR count). The van der Waals surface area contributed by atoms with Crippen molar-refractivity contribution in [2.24, 2.45) is 0 Å². The van der Waals surface area contributed by atoms with Crippen LogP contribution in [-0.4, -0.2) is 68.8 Å². The van der Waals surface area contributed by atoms with E-state index in [1.807, 2.05) is 18.2 Å². The summed E-state index contributed by atoms with van der Waals surface area (Å²) in [5.41, 5.74) is 1.02. The Balaban J connectivity index is 1.51. The maximum absolute atomic E-state index is 10.8. The number of aliphatic carboxylic acids is 1. The second-order valence-electron chi connectivity index (χ2n) is 6.90.